The Morgan fingerprint density at radius 1 is 0.974 bits per heavy atom. The fourth-order valence-corrected chi connectivity index (χ4v) is 4.65. The molecule has 3 aromatic rings. The van der Waals surface area contributed by atoms with Crippen LogP contribution in [-0.2, 0) is 17.1 Å². The van der Waals surface area contributed by atoms with E-state index in [-0.39, 0.29) is 23.7 Å². The summed E-state index contributed by atoms with van der Waals surface area (Å²) >= 11 is 0. The van der Waals surface area contributed by atoms with Crippen molar-refractivity contribution >= 4 is 11.6 Å². The van der Waals surface area contributed by atoms with Gasteiger partial charge in [-0.2, -0.15) is 26.3 Å². The summed E-state index contributed by atoms with van der Waals surface area (Å²) in [4.78, 5) is 20.6. The average molecular weight is 538 g/mol. The highest BCUT2D eigenvalue weighted by atomic mass is 19.4. The molecule has 0 bridgehead atoms. The van der Waals surface area contributed by atoms with E-state index in [9.17, 15) is 31.1 Å². The number of alkyl halides is 6. The molecule has 1 aromatic heterocycles. The molecule has 1 amide bonds. The molecule has 0 spiro atoms. The molecule has 1 fully saturated rings. The molecule has 38 heavy (non-hydrogen) atoms. The Morgan fingerprint density at radius 3 is 2.24 bits per heavy atom. The van der Waals surface area contributed by atoms with E-state index in [1.165, 1.54) is 36.3 Å². The maximum Gasteiger partial charge on any atom is 0.433 e. The highest BCUT2D eigenvalue weighted by Gasteiger charge is 2.45. The van der Waals surface area contributed by atoms with E-state index in [1.807, 2.05) is 0 Å². The number of ether oxygens (including phenoxy) is 1. The van der Waals surface area contributed by atoms with E-state index in [0.717, 1.165) is 18.2 Å². The quantitative estimate of drug-likeness (QED) is 0.330. The minimum absolute atomic E-state index is 0.140. The van der Waals surface area contributed by atoms with Crippen molar-refractivity contribution in [2.45, 2.75) is 43.8 Å². The zero-order valence-corrected chi connectivity index (χ0v) is 20.7. The highest BCUT2D eigenvalue weighted by Crippen LogP contribution is 2.42. The maximum atomic E-state index is 13.8. The Labute approximate surface area is 215 Å². The summed E-state index contributed by atoms with van der Waals surface area (Å²) in [7, 11) is 3.11. The summed E-state index contributed by atoms with van der Waals surface area (Å²) in [6.07, 6.45) is -8.91. The van der Waals surface area contributed by atoms with Gasteiger partial charge in [0.05, 0.1) is 30.5 Å². The molecule has 3 atom stereocenters. The van der Waals surface area contributed by atoms with Crippen molar-refractivity contribution in [3.63, 3.8) is 0 Å². The topological polar surface area (TPSA) is 45.7 Å². The van der Waals surface area contributed by atoms with E-state index in [1.54, 1.807) is 43.1 Å². The number of methoxy groups -OCH3 is 1. The van der Waals surface area contributed by atoms with Gasteiger partial charge in [-0.3, -0.25) is 9.69 Å². The maximum absolute atomic E-state index is 13.8. The van der Waals surface area contributed by atoms with Gasteiger partial charge in [0.15, 0.2) is 0 Å². The normalized spacial score (nSPS) is 19.2. The van der Waals surface area contributed by atoms with Gasteiger partial charge in [-0.15, -0.1) is 0 Å². The first kappa shape index (κ1) is 27.4. The summed E-state index contributed by atoms with van der Waals surface area (Å²) in [5.41, 5.74) is -0.756. The smallest absolute Gasteiger partial charge is 0.433 e. The van der Waals surface area contributed by atoms with Crippen LogP contribution in [0.5, 0.6) is 5.75 Å². The van der Waals surface area contributed by atoms with Gasteiger partial charge in [0.2, 0.25) is 5.91 Å². The second-order valence-corrected chi connectivity index (χ2v) is 9.08. The van der Waals surface area contributed by atoms with Crippen molar-refractivity contribution in [2.75, 3.05) is 19.1 Å². The number of rotatable bonds is 6. The highest BCUT2D eigenvalue weighted by molar-refractivity contribution is 6.00. The summed E-state index contributed by atoms with van der Waals surface area (Å²) in [5.74, 6) is 0.152. The minimum atomic E-state index is -4.62. The lowest BCUT2D eigenvalue weighted by Gasteiger charge is -2.29. The molecule has 1 saturated heterocycles. The van der Waals surface area contributed by atoms with E-state index in [4.69, 9.17) is 4.74 Å². The Kier molecular flexibility index (Phi) is 7.42. The molecule has 2 heterocycles. The van der Waals surface area contributed by atoms with Crippen LogP contribution in [-0.4, -0.2) is 36.0 Å². The number of aromatic nitrogens is 1. The van der Waals surface area contributed by atoms with Crippen molar-refractivity contribution < 1.29 is 35.9 Å². The lowest BCUT2D eigenvalue weighted by Crippen LogP contribution is -2.41. The van der Waals surface area contributed by atoms with Crippen LogP contribution in [0, 0.1) is 0 Å². The summed E-state index contributed by atoms with van der Waals surface area (Å²) in [6, 6.07) is 12.9. The zero-order chi connectivity index (χ0) is 27.8. The van der Waals surface area contributed by atoms with Gasteiger partial charge >= 0.3 is 12.4 Å². The molecule has 1 aliphatic rings. The van der Waals surface area contributed by atoms with Crippen molar-refractivity contribution in [2.24, 2.45) is 0 Å². The molecule has 0 saturated carbocycles. The number of benzene rings is 2. The van der Waals surface area contributed by atoms with Gasteiger partial charge in [0, 0.05) is 11.7 Å². The molecule has 202 valence electrons. The number of amides is 1. The fraction of sp³-hybridized carbons (Fsp3) is 0.333. The molecule has 1 unspecified atom stereocenters. The molecule has 11 heteroatoms. The van der Waals surface area contributed by atoms with Crippen LogP contribution in [0.25, 0.3) is 0 Å². The number of hydrogen-bond acceptors (Lipinski definition) is 4. The zero-order valence-electron chi connectivity index (χ0n) is 20.7. The number of likely N-dealkylation sites (N-methyl/N-ethyl adjacent to an activating group) is 1. The Hall–Kier alpha value is -3.60. The van der Waals surface area contributed by atoms with Crippen molar-refractivity contribution in [3.8, 4) is 5.75 Å². The second-order valence-electron chi connectivity index (χ2n) is 9.08. The number of nitrogens with zero attached hydrogens (tertiary/aromatic N) is 3. The average Bonchev–Trinajstić information content (AvgIpc) is 3.24. The number of halogens is 6. The van der Waals surface area contributed by atoms with Gasteiger partial charge in [0.1, 0.15) is 11.4 Å². The Balaban J connectivity index is 1.70. The predicted octanol–water partition coefficient (Wildman–Crippen LogP) is 6.67. The monoisotopic (exact) mass is 537 g/mol. The SMILES string of the molecule is COc1cccc([C@H]2C[C@@H](N(C)C(C)c3cccc(C(F)(F)F)n3)C(=O)N2c2ccc(C(F)(F)F)cc2)c1. The molecule has 1 aliphatic heterocycles. The van der Waals surface area contributed by atoms with Crippen LogP contribution in [0.1, 0.15) is 47.9 Å². The summed E-state index contributed by atoms with van der Waals surface area (Å²) < 4.78 is 84.4. The van der Waals surface area contributed by atoms with E-state index in [2.05, 4.69) is 4.98 Å². The van der Waals surface area contributed by atoms with Crippen molar-refractivity contribution in [3.05, 3.63) is 89.2 Å². The van der Waals surface area contributed by atoms with Gasteiger partial charge in [-0.25, -0.2) is 4.98 Å². The largest absolute Gasteiger partial charge is 0.497 e. The molecule has 5 nitrogen and oxygen atoms in total. The molecule has 0 radical (unpaired) electrons. The number of pyridine rings is 1. The first-order chi connectivity index (χ1) is 17.8. The minimum Gasteiger partial charge on any atom is -0.497 e. The second kappa shape index (κ2) is 10.3. The third-order valence-corrected chi connectivity index (χ3v) is 6.82. The first-order valence-corrected chi connectivity index (χ1v) is 11.7. The van der Waals surface area contributed by atoms with Gasteiger partial charge < -0.3 is 9.64 Å². The van der Waals surface area contributed by atoms with Gasteiger partial charge in [-0.1, -0.05) is 18.2 Å². The molecule has 0 N–H and O–H groups in total. The molecular formula is C27H25F6N3O2. The molecular weight excluding hydrogens is 512 g/mol. The Morgan fingerprint density at radius 2 is 1.63 bits per heavy atom. The van der Waals surface area contributed by atoms with E-state index in [0.29, 0.717) is 11.3 Å². The van der Waals surface area contributed by atoms with Crippen LogP contribution in [0.2, 0.25) is 0 Å². The van der Waals surface area contributed by atoms with Crippen LogP contribution in [0.4, 0.5) is 32.0 Å². The number of carbonyl (C=O) groups is 1. The number of hydrogen-bond donors (Lipinski definition) is 0. The summed E-state index contributed by atoms with van der Waals surface area (Å²) in [6.45, 7) is 1.65. The first-order valence-electron chi connectivity index (χ1n) is 11.7. The van der Waals surface area contributed by atoms with Gasteiger partial charge in [0.25, 0.3) is 0 Å². The summed E-state index contributed by atoms with van der Waals surface area (Å²) in [5, 5.41) is 0. The standard InChI is InChI=1S/C27H25F6N3O2/c1-16(21-8-5-9-24(34-21)27(31,32)33)35(2)23-15-22(17-6-4-7-20(14-17)38-3)36(25(23)37)19-12-10-18(11-13-19)26(28,29)30/h4-14,16,22-23H,15H2,1-3H3/t16?,22-,23-/m1/s1. The van der Waals surface area contributed by atoms with E-state index < -0.39 is 41.7 Å². The van der Waals surface area contributed by atoms with Crippen LogP contribution in [0.15, 0.2) is 66.7 Å². The lowest BCUT2D eigenvalue weighted by atomic mass is 10.0. The number of carbonyl (C=O) groups excluding carboxylic acids is 1. The molecule has 2 aromatic carbocycles. The fourth-order valence-electron chi connectivity index (χ4n) is 4.65. The van der Waals surface area contributed by atoms with Crippen LogP contribution in [0.3, 0.4) is 0 Å². The Bertz CT molecular complexity index is 1290. The van der Waals surface area contributed by atoms with Crippen LogP contribution >= 0.6 is 0 Å². The van der Waals surface area contributed by atoms with Crippen molar-refractivity contribution in [1.82, 2.24) is 9.88 Å². The number of anilines is 1. The molecule has 0 aliphatic carbocycles. The molecule has 4 rings (SSSR count). The lowest BCUT2D eigenvalue weighted by molar-refractivity contribution is -0.141. The third-order valence-electron chi connectivity index (χ3n) is 6.82. The van der Waals surface area contributed by atoms with Crippen LogP contribution < -0.4 is 9.64 Å². The van der Waals surface area contributed by atoms with Crippen molar-refractivity contribution in [1.29, 1.82) is 0 Å². The van der Waals surface area contributed by atoms with E-state index >= 15 is 0 Å². The third kappa shape index (κ3) is 5.47. The van der Waals surface area contributed by atoms with Gasteiger partial charge in [-0.05, 0) is 74.5 Å². The predicted molar refractivity (Wildman–Crippen MR) is 128 cm³/mol.